The summed E-state index contributed by atoms with van der Waals surface area (Å²) in [6.45, 7) is 2.26. The first-order valence-corrected chi connectivity index (χ1v) is 8.29. The van der Waals surface area contributed by atoms with E-state index in [1.54, 1.807) is 31.4 Å². The average Bonchev–Trinajstić information content (AvgIpc) is 3.06. The lowest BCUT2D eigenvalue weighted by Gasteiger charge is -2.09. The summed E-state index contributed by atoms with van der Waals surface area (Å²) < 4.78 is 10.3. The molecular weight excluding hydrogens is 300 g/mol. The topological polar surface area (TPSA) is 64.2 Å². The number of H-pyrrole nitrogens is 1. The van der Waals surface area contributed by atoms with Crippen molar-refractivity contribution in [3.63, 3.8) is 0 Å². The predicted molar refractivity (Wildman–Crippen MR) is 88.0 cm³/mol. The maximum Gasteiger partial charge on any atom is 0.306 e. The van der Waals surface area contributed by atoms with Crippen LogP contribution in [0.1, 0.15) is 18.9 Å². The van der Waals surface area contributed by atoms with Crippen LogP contribution in [0.4, 0.5) is 0 Å². The molecule has 0 aliphatic heterocycles. The van der Waals surface area contributed by atoms with Gasteiger partial charge >= 0.3 is 5.97 Å². The van der Waals surface area contributed by atoms with Gasteiger partial charge in [0.1, 0.15) is 5.75 Å². The van der Waals surface area contributed by atoms with Gasteiger partial charge in [-0.25, -0.2) is 4.98 Å². The molecule has 0 spiro atoms. The number of aromatic amines is 1. The molecule has 1 heterocycles. The summed E-state index contributed by atoms with van der Waals surface area (Å²) in [5.74, 6) is 2.27. The highest BCUT2D eigenvalue weighted by atomic mass is 32.2. The molecule has 5 nitrogen and oxygen atoms in total. The second-order valence-corrected chi connectivity index (χ2v) is 5.71. The summed E-state index contributed by atoms with van der Waals surface area (Å²) in [5, 5.41) is 0. The second-order valence-electron chi connectivity index (χ2n) is 4.61. The van der Waals surface area contributed by atoms with Crippen LogP contribution in [0, 0.1) is 0 Å². The number of carbonyl (C=O) groups is 1. The molecule has 2 rings (SSSR count). The van der Waals surface area contributed by atoms with Crippen molar-refractivity contribution in [2.75, 3.05) is 19.5 Å². The Bertz CT molecular complexity index is 599. The van der Waals surface area contributed by atoms with Gasteiger partial charge in [-0.1, -0.05) is 6.07 Å². The van der Waals surface area contributed by atoms with E-state index in [1.807, 2.05) is 19.1 Å². The minimum absolute atomic E-state index is 0.136. The minimum atomic E-state index is -0.136. The van der Waals surface area contributed by atoms with Crippen LogP contribution in [-0.4, -0.2) is 35.4 Å². The molecule has 0 bridgehead atoms. The molecular formula is C16H20N2O3S. The van der Waals surface area contributed by atoms with E-state index < -0.39 is 0 Å². The summed E-state index contributed by atoms with van der Waals surface area (Å²) in [6, 6.07) is 6.08. The first-order chi connectivity index (χ1) is 10.7. The number of carbonyl (C=O) groups excluding carboxylic acids is 1. The van der Waals surface area contributed by atoms with E-state index in [4.69, 9.17) is 9.47 Å². The number of esters is 1. The quantitative estimate of drug-likeness (QED) is 0.597. The van der Waals surface area contributed by atoms with Gasteiger partial charge in [0.15, 0.2) is 0 Å². The third-order valence-electron chi connectivity index (χ3n) is 3.08. The fourth-order valence-corrected chi connectivity index (χ4v) is 2.91. The summed E-state index contributed by atoms with van der Waals surface area (Å²) in [6.07, 6.45) is 3.87. The van der Waals surface area contributed by atoms with Crippen LogP contribution in [-0.2, 0) is 15.3 Å². The molecule has 0 saturated heterocycles. The van der Waals surface area contributed by atoms with Gasteiger partial charge in [-0.05, 0) is 24.6 Å². The Morgan fingerprint density at radius 3 is 2.95 bits per heavy atom. The Kier molecular flexibility index (Phi) is 6.33. The van der Waals surface area contributed by atoms with Crippen molar-refractivity contribution in [2.24, 2.45) is 0 Å². The van der Waals surface area contributed by atoms with Gasteiger partial charge in [0.2, 0.25) is 0 Å². The highest BCUT2D eigenvalue weighted by Gasteiger charge is 2.09. The zero-order valence-electron chi connectivity index (χ0n) is 12.8. The van der Waals surface area contributed by atoms with Crippen LogP contribution in [0.5, 0.6) is 5.75 Å². The van der Waals surface area contributed by atoms with Crippen molar-refractivity contribution in [3.8, 4) is 17.0 Å². The van der Waals surface area contributed by atoms with E-state index in [0.29, 0.717) is 13.0 Å². The number of aromatic nitrogens is 2. The summed E-state index contributed by atoms with van der Waals surface area (Å²) in [4.78, 5) is 18.4. The van der Waals surface area contributed by atoms with Crippen LogP contribution in [0.2, 0.25) is 0 Å². The van der Waals surface area contributed by atoms with Crippen molar-refractivity contribution in [2.45, 2.75) is 19.1 Å². The number of ether oxygens (including phenoxy) is 2. The summed E-state index contributed by atoms with van der Waals surface area (Å²) in [5.41, 5.74) is 3.10. The zero-order valence-corrected chi connectivity index (χ0v) is 13.6. The molecule has 6 heteroatoms. The number of hydrogen-bond donors (Lipinski definition) is 1. The predicted octanol–water partition coefficient (Wildman–Crippen LogP) is 3.27. The molecule has 22 heavy (non-hydrogen) atoms. The largest absolute Gasteiger partial charge is 0.496 e. The summed E-state index contributed by atoms with van der Waals surface area (Å²) >= 11 is 1.71. The first kappa shape index (κ1) is 16.4. The van der Waals surface area contributed by atoms with Crippen molar-refractivity contribution >= 4 is 17.7 Å². The van der Waals surface area contributed by atoms with Crippen LogP contribution in [0.15, 0.2) is 30.7 Å². The van der Waals surface area contributed by atoms with Crippen molar-refractivity contribution < 1.29 is 14.3 Å². The molecule has 0 radical (unpaired) electrons. The number of nitrogens with one attached hydrogen (secondary N) is 1. The van der Waals surface area contributed by atoms with Crippen molar-refractivity contribution in [1.29, 1.82) is 0 Å². The second kappa shape index (κ2) is 8.48. The average molecular weight is 320 g/mol. The Morgan fingerprint density at radius 2 is 2.27 bits per heavy atom. The molecule has 0 atom stereocenters. The molecule has 0 fully saturated rings. The van der Waals surface area contributed by atoms with E-state index in [2.05, 4.69) is 16.0 Å². The number of imidazole rings is 1. The lowest BCUT2D eigenvalue weighted by Crippen LogP contribution is -2.04. The maximum absolute atomic E-state index is 11.3. The molecule has 0 unspecified atom stereocenters. The normalized spacial score (nSPS) is 10.5. The van der Waals surface area contributed by atoms with Crippen molar-refractivity contribution in [3.05, 3.63) is 36.3 Å². The zero-order chi connectivity index (χ0) is 15.8. The molecule has 2 aromatic rings. The highest BCUT2D eigenvalue weighted by molar-refractivity contribution is 7.98. The third-order valence-corrected chi connectivity index (χ3v) is 4.11. The standard InChI is InChI=1S/C16H20N2O3S/c1-3-21-16(19)6-7-22-10-12-4-5-15(20-2)13(8-12)14-9-17-11-18-14/h4-5,8-9,11H,3,6-7,10H2,1-2H3,(H,17,18). The van der Waals surface area contributed by atoms with Crippen molar-refractivity contribution in [1.82, 2.24) is 9.97 Å². The molecule has 0 amide bonds. The van der Waals surface area contributed by atoms with Gasteiger partial charge in [-0.3, -0.25) is 4.79 Å². The van der Waals surface area contributed by atoms with Gasteiger partial charge in [0.05, 0.1) is 38.4 Å². The van der Waals surface area contributed by atoms with E-state index in [0.717, 1.165) is 28.5 Å². The van der Waals surface area contributed by atoms with Gasteiger partial charge < -0.3 is 14.5 Å². The van der Waals surface area contributed by atoms with Gasteiger partial charge in [0, 0.05) is 17.1 Å². The number of rotatable bonds is 8. The Labute approximate surface area is 134 Å². The number of thioether (sulfide) groups is 1. The Balaban J connectivity index is 1.95. The Hall–Kier alpha value is -1.95. The molecule has 0 aliphatic rings. The van der Waals surface area contributed by atoms with Gasteiger partial charge in [-0.2, -0.15) is 11.8 Å². The van der Waals surface area contributed by atoms with Gasteiger partial charge in [-0.15, -0.1) is 0 Å². The van der Waals surface area contributed by atoms with Gasteiger partial charge in [0.25, 0.3) is 0 Å². The molecule has 1 aromatic heterocycles. The molecule has 0 aliphatic carbocycles. The van der Waals surface area contributed by atoms with Crippen LogP contribution in [0.3, 0.4) is 0 Å². The lowest BCUT2D eigenvalue weighted by atomic mass is 10.1. The maximum atomic E-state index is 11.3. The molecule has 1 aromatic carbocycles. The fourth-order valence-electron chi connectivity index (χ4n) is 2.04. The summed E-state index contributed by atoms with van der Waals surface area (Å²) in [7, 11) is 1.66. The molecule has 118 valence electrons. The Morgan fingerprint density at radius 1 is 1.41 bits per heavy atom. The highest BCUT2D eigenvalue weighted by Crippen LogP contribution is 2.30. The third kappa shape index (κ3) is 4.53. The van der Waals surface area contributed by atoms with Crippen LogP contribution >= 0.6 is 11.8 Å². The number of methoxy groups -OCH3 is 1. The van der Waals surface area contributed by atoms with E-state index >= 15 is 0 Å². The van der Waals surface area contributed by atoms with E-state index in [1.165, 1.54) is 5.56 Å². The first-order valence-electron chi connectivity index (χ1n) is 7.13. The van der Waals surface area contributed by atoms with E-state index in [9.17, 15) is 4.79 Å². The van der Waals surface area contributed by atoms with E-state index in [-0.39, 0.29) is 5.97 Å². The molecule has 0 saturated carbocycles. The van der Waals surface area contributed by atoms with Crippen LogP contribution < -0.4 is 4.74 Å². The smallest absolute Gasteiger partial charge is 0.306 e. The minimum Gasteiger partial charge on any atom is -0.496 e. The number of benzene rings is 1. The lowest BCUT2D eigenvalue weighted by molar-refractivity contribution is -0.142. The number of hydrogen-bond acceptors (Lipinski definition) is 5. The fraction of sp³-hybridized carbons (Fsp3) is 0.375. The monoisotopic (exact) mass is 320 g/mol. The SMILES string of the molecule is CCOC(=O)CCSCc1ccc(OC)c(-c2cnc[nH]2)c1. The molecule has 1 N–H and O–H groups in total. The number of nitrogens with zero attached hydrogens (tertiary/aromatic N) is 1. The van der Waals surface area contributed by atoms with Crippen LogP contribution in [0.25, 0.3) is 11.3 Å².